The van der Waals surface area contributed by atoms with Gasteiger partial charge >= 0.3 is 5.97 Å². The van der Waals surface area contributed by atoms with E-state index in [1.807, 2.05) is 20.8 Å². The average Bonchev–Trinajstić information content (AvgIpc) is 2.46. The molecule has 0 fully saturated rings. The number of rotatable bonds is 7. The standard InChI is InChI=1S/C15H20ClNO4/c1-4-11(3)17-14(18)8-21-15(19)9-20-12-5-6-13(16)10(2)7-12/h5-7,11H,4,8-9H2,1-3H3,(H,17,18). The molecule has 1 atom stereocenters. The van der Waals surface area contributed by atoms with Gasteiger partial charge in [-0.3, -0.25) is 4.79 Å². The topological polar surface area (TPSA) is 64.6 Å². The van der Waals surface area contributed by atoms with E-state index in [-0.39, 0.29) is 25.2 Å². The van der Waals surface area contributed by atoms with Gasteiger partial charge in [0.05, 0.1) is 0 Å². The lowest BCUT2D eigenvalue weighted by molar-refractivity contribution is -0.150. The van der Waals surface area contributed by atoms with Crippen molar-refractivity contribution in [3.63, 3.8) is 0 Å². The molecule has 6 heteroatoms. The molecule has 1 aromatic rings. The fraction of sp³-hybridized carbons (Fsp3) is 0.467. The van der Waals surface area contributed by atoms with Crippen LogP contribution in [0.2, 0.25) is 5.02 Å². The SMILES string of the molecule is CCC(C)NC(=O)COC(=O)COc1ccc(Cl)c(C)c1. The molecule has 0 saturated carbocycles. The van der Waals surface area contributed by atoms with Gasteiger partial charge < -0.3 is 14.8 Å². The molecule has 0 aromatic heterocycles. The molecule has 0 bridgehead atoms. The van der Waals surface area contributed by atoms with E-state index in [0.717, 1.165) is 12.0 Å². The van der Waals surface area contributed by atoms with Gasteiger partial charge in [-0.1, -0.05) is 18.5 Å². The minimum atomic E-state index is -0.595. The highest BCUT2D eigenvalue weighted by molar-refractivity contribution is 6.31. The lowest BCUT2D eigenvalue weighted by Gasteiger charge is -2.11. The second-order valence-corrected chi connectivity index (χ2v) is 5.14. The second-order valence-electron chi connectivity index (χ2n) is 4.74. The molecule has 1 rings (SSSR count). The van der Waals surface area contributed by atoms with Crippen LogP contribution in [-0.2, 0) is 14.3 Å². The Hall–Kier alpha value is -1.75. The Morgan fingerprint density at radius 1 is 1.33 bits per heavy atom. The number of aryl methyl sites for hydroxylation is 1. The van der Waals surface area contributed by atoms with Gasteiger partial charge in [0, 0.05) is 11.1 Å². The quantitative estimate of drug-likeness (QED) is 0.785. The van der Waals surface area contributed by atoms with Crippen LogP contribution < -0.4 is 10.1 Å². The van der Waals surface area contributed by atoms with E-state index in [2.05, 4.69) is 5.32 Å². The summed E-state index contributed by atoms with van der Waals surface area (Å²) < 4.78 is 10.1. The zero-order valence-electron chi connectivity index (χ0n) is 12.4. The molecule has 0 heterocycles. The third-order valence-corrected chi connectivity index (χ3v) is 3.29. The van der Waals surface area contributed by atoms with Crippen LogP contribution in [0.25, 0.3) is 0 Å². The highest BCUT2D eigenvalue weighted by Crippen LogP contribution is 2.20. The summed E-state index contributed by atoms with van der Waals surface area (Å²) >= 11 is 5.89. The number of benzene rings is 1. The van der Waals surface area contributed by atoms with Gasteiger partial charge in [0.1, 0.15) is 5.75 Å². The predicted octanol–water partition coefficient (Wildman–Crippen LogP) is 2.49. The largest absolute Gasteiger partial charge is 0.482 e. The summed E-state index contributed by atoms with van der Waals surface area (Å²) in [5, 5.41) is 3.33. The molecule has 0 radical (unpaired) electrons. The van der Waals surface area contributed by atoms with Gasteiger partial charge in [-0.2, -0.15) is 0 Å². The van der Waals surface area contributed by atoms with E-state index in [4.69, 9.17) is 21.1 Å². The maximum Gasteiger partial charge on any atom is 0.344 e. The van der Waals surface area contributed by atoms with Gasteiger partial charge in [-0.05, 0) is 44.0 Å². The summed E-state index contributed by atoms with van der Waals surface area (Å²) in [6, 6.07) is 5.14. The highest BCUT2D eigenvalue weighted by atomic mass is 35.5. The fourth-order valence-corrected chi connectivity index (χ4v) is 1.57. The van der Waals surface area contributed by atoms with E-state index < -0.39 is 5.97 Å². The summed E-state index contributed by atoms with van der Waals surface area (Å²) in [6.45, 7) is 5.13. The van der Waals surface area contributed by atoms with Crippen molar-refractivity contribution in [2.45, 2.75) is 33.2 Å². The molecule has 0 spiro atoms. The van der Waals surface area contributed by atoms with Gasteiger partial charge in [-0.25, -0.2) is 4.79 Å². The zero-order valence-corrected chi connectivity index (χ0v) is 13.2. The number of carbonyl (C=O) groups is 2. The summed E-state index contributed by atoms with van der Waals surface area (Å²) in [6.07, 6.45) is 0.818. The van der Waals surface area contributed by atoms with Crippen LogP contribution in [0.15, 0.2) is 18.2 Å². The molecule has 21 heavy (non-hydrogen) atoms. The van der Waals surface area contributed by atoms with Crippen LogP contribution >= 0.6 is 11.6 Å². The highest BCUT2D eigenvalue weighted by Gasteiger charge is 2.10. The van der Waals surface area contributed by atoms with E-state index in [0.29, 0.717) is 10.8 Å². The molecular weight excluding hydrogens is 294 g/mol. The van der Waals surface area contributed by atoms with E-state index in [1.54, 1.807) is 18.2 Å². The third kappa shape index (κ3) is 6.49. The molecule has 116 valence electrons. The number of ether oxygens (including phenoxy) is 2. The smallest absolute Gasteiger partial charge is 0.344 e. The second kappa shape index (κ2) is 8.52. The first kappa shape index (κ1) is 17.3. The maximum absolute atomic E-state index is 11.5. The minimum absolute atomic E-state index is 0.0597. The van der Waals surface area contributed by atoms with Gasteiger partial charge in [0.25, 0.3) is 5.91 Å². The van der Waals surface area contributed by atoms with Crippen LogP contribution in [0, 0.1) is 6.92 Å². The molecule has 0 saturated heterocycles. The average molecular weight is 314 g/mol. The monoisotopic (exact) mass is 313 g/mol. The molecule has 0 aliphatic rings. The summed E-state index contributed by atoms with van der Waals surface area (Å²) in [5.74, 6) is -0.389. The van der Waals surface area contributed by atoms with Crippen molar-refractivity contribution in [2.75, 3.05) is 13.2 Å². The fourth-order valence-electron chi connectivity index (χ4n) is 1.46. The Kier molecular flexibility index (Phi) is 7.02. The Morgan fingerprint density at radius 3 is 2.67 bits per heavy atom. The van der Waals surface area contributed by atoms with Crippen molar-refractivity contribution in [2.24, 2.45) is 0 Å². The van der Waals surface area contributed by atoms with Gasteiger partial charge in [0.2, 0.25) is 0 Å². The molecule has 0 aliphatic carbocycles. The molecule has 0 aliphatic heterocycles. The molecule has 5 nitrogen and oxygen atoms in total. The van der Waals surface area contributed by atoms with Crippen LogP contribution in [-0.4, -0.2) is 31.1 Å². The lowest BCUT2D eigenvalue weighted by atomic mass is 10.2. The molecule has 1 aromatic carbocycles. The van der Waals surface area contributed by atoms with Crippen LogP contribution in [0.3, 0.4) is 0 Å². The molecule has 1 amide bonds. The van der Waals surface area contributed by atoms with Gasteiger partial charge in [-0.15, -0.1) is 0 Å². The Bertz CT molecular complexity index is 504. The zero-order chi connectivity index (χ0) is 15.8. The van der Waals surface area contributed by atoms with Crippen molar-refractivity contribution < 1.29 is 19.1 Å². The number of carbonyl (C=O) groups excluding carboxylic acids is 2. The maximum atomic E-state index is 11.5. The van der Waals surface area contributed by atoms with Crippen molar-refractivity contribution in [3.05, 3.63) is 28.8 Å². The Labute approximate surface area is 129 Å². The Balaban J connectivity index is 2.31. The van der Waals surface area contributed by atoms with Crippen LogP contribution in [0.5, 0.6) is 5.75 Å². The van der Waals surface area contributed by atoms with E-state index in [9.17, 15) is 9.59 Å². The number of nitrogens with one attached hydrogen (secondary N) is 1. The summed E-state index contributed by atoms with van der Waals surface area (Å²) in [7, 11) is 0. The van der Waals surface area contributed by atoms with Crippen molar-refractivity contribution >= 4 is 23.5 Å². The first-order chi connectivity index (χ1) is 9.92. The molecular formula is C15H20ClNO4. The first-order valence-corrected chi connectivity index (χ1v) is 7.14. The Morgan fingerprint density at radius 2 is 2.05 bits per heavy atom. The van der Waals surface area contributed by atoms with Crippen molar-refractivity contribution in [1.29, 1.82) is 0 Å². The molecule has 1 N–H and O–H groups in total. The number of amides is 1. The van der Waals surface area contributed by atoms with Crippen molar-refractivity contribution in [1.82, 2.24) is 5.32 Å². The summed E-state index contributed by atoms with van der Waals surface area (Å²) in [4.78, 5) is 22.9. The van der Waals surface area contributed by atoms with Gasteiger partial charge in [0.15, 0.2) is 13.2 Å². The lowest BCUT2D eigenvalue weighted by Crippen LogP contribution is -2.35. The number of esters is 1. The van der Waals surface area contributed by atoms with Crippen LogP contribution in [0.4, 0.5) is 0 Å². The predicted molar refractivity (Wildman–Crippen MR) is 80.5 cm³/mol. The van der Waals surface area contributed by atoms with E-state index in [1.165, 1.54) is 0 Å². The minimum Gasteiger partial charge on any atom is -0.482 e. The van der Waals surface area contributed by atoms with Crippen molar-refractivity contribution in [3.8, 4) is 5.75 Å². The van der Waals surface area contributed by atoms with E-state index >= 15 is 0 Å². The number of hydrogen-bond acceptors (Lipinski definition) is 4. The third-order valence-electron chi connectivity index (χ3n) is 2.87. The first-order valence-electron chi connectivity index (χ1n) is 6.76. The summed E-state index contributed by atoms with van der Waals surface area (Å²) in [5.41, 5.74) is 0.857. The normalized spacial score (nSPS) is 11.6. The van der Waals surface area contributed by atoms with Crippen LogP contribution in [0.1, 0.15) is 25.8 Å². The molecule has 1 unspecified atom stereocenters. The number of hydrogen-bond donors (Lipinski definition) is 1. The number of halogens is 1.